The maximum Gasteiger partial charge on any atom is 0.216 e. The molecule has 0 spiro atoms. The van der Waals surface area contributed by atoms with Gasteiger partial charge in [0.05, 0.1) is 11.0 Å². The van der Waals surface area contributed by atoms with Crippen molar-refractivity contribution in [2.24, 2.45) is 0 Å². The maximum atomic E-state index is 10.9. The Balaban J connectivity index is 1.70. The Morgan fingerprint density at radius 2 is 1.85 bits per heavy atom. The normalized spacial score (nSPS) is 11.0. The van der Waals surface area contributed by atoms with Crippen molar-refractivity contribution in [3.63, 3.8) is 0 Å². The third kappa shape index (κ3) is 4.85. The van der Waals surface area contributed by atoms with Crippen molar-refractivity contribution in [3.8, 4) is 0 Å². The molecule has 0 unspecified atom stereocenters. The maximum absolute atomic E-state index is 10.9. The molecule has 1 heterocycles. The second kappa shape index (κ2) is 8.86. The zero-order chi connectivity index (χ0) is 18.4. The lowest BCUT2D eigenvalue weighted by atomic mass is 10.1. The van der Waals surface area contributed by atoms with Gasteiger partial charge in [-0.05, 0) is 42.7 Å². The van der Waals surface area contributed by atoms with Gasteiger partial charge in [-0.2, -0.15) is 0 Å². The number of carbonyl (C=O) groups is 1. The fourth-order valence-electron chi connectivity index (χ4n) is 3.11. The van der Waals surface area contributed by atoms with Crippen LogP contribution < -0.4 is 5.32 Å². The Morgan fingerprint density at radius 1 is 1.08 bits per heavy atom. The summed E-state index contributed by atoms with van der Waals surface area (Å²) in [6, 6.07) is 16.3. The lowest BCUT2D eigenvalue weighted by Gasteiger charge is -2.10. The number of hydrogen-bond donors (Lipinski definition) is 1. The van der Waals surface area contributed by atoms with Gasteiger partial charge >= 0.3 is 0 Å². The number of imidazole rings is 1. The molecule has 1 aromatic heterocycles. The van der Waals surface area contributed by atoms with Crippen LogP contribution in [0.5, 0.6) is 0 Å². The van der Waals surface area contributed by atoms with Crippen LogP contribution in [0.4, 0.5) is 0 Å². The number of aryl methyl sites for hydroxylation is 1. The topological polar surface area (TPSA) is 46.9 Å². The SMILES string of the molecule is CC(=O)NCCCCCc1nc2ccccc2n1Cc1ccc(Cl)cc1. The van der Waals surface area contributed by atoms with E-state index in [2.05, 4.69) is 40.2 Å². The van der Waals surface area contributed by atoms with Crippen molar-refractivity contribution in [1.29, 1.82) is 0 Å². The van der Waals surface area contributed by atoms with Gasteiger partial charge < -0.3 is 9.88 Å². The van der Waals surface area contributed by atoms with Gasteiger partial charge in [-0.3, -0.25) is 4.79 Å². The van der Waals surface area contributed by atoms with Crippen molar-refractivity contribution < 1.29 is 4.79 Å². The van der Waals surface area contributed by atoms with Gasteiger partial charge in [0.1, 0.15) is 5.82 Å². The Kier molecular flexibility index (Phi) is 6.29. The number of amides is 1. The predicted molar refractivity (Wildman–Crippen MR) is 107 cm³/mol. The number of para-hydroxylation sites is 2. The van der Waals surface area contributed by atoms with Crippen LogP contribution in [0, 0.1) is 0 Å². The van der Waals surface area contributed by atoms with E-state index in [9.17, 15) is 4.79 Å². The van der Waals surface area contributed by atoms with Crippen molar-refractivity contribution in [3.05, 3.63) is 64.9 Å². The quantitative estimate of drug-likeness (QED) is 0.590. The lowest BCUT2D eigenvalue weighted by molar-refractivity contribution is -0.118. The van der Waals surface area contributed by atoms with Crippen LogP contribution in [0.2, 0.25) is 5.02 Å². The summed E-state index contributed by atoms with van der Waals surface area (Å²) in [7, 11) is 0. The summed E-state index contributed by atoms with van der Waals surface area (Å²) >= 11 is 6.00. The molecule has 26 heavy (non-hydrogen) atoms. The van der Waals surface area contributed by atoms with Gasteiger partial charge in [0.15, 0.2) is 0 Å². The molecule has 2 aromatic carbocycles. The molecule has 0 aliphatic rings. The zero-order valence-electron chi connectivity index (χ0n) is 15.0. The fraction of sp³-hybridized carbons (Fsp3) is 0.333. The van der Waals surface area contributed by atoms with Crippen LogP contribution in [0.1, 0.15) is 37.6 Å². The molecule has 5 heteroatoms. The molecule has 0 aliphatic heterocycles. The molecule has 0 atom stereocenters. The minimum atomic E-state index is 0.0368. The van der Waals surface area contributed by atoms with Crippen molar-refractivity contribution >= 4 is 28.5 Å². The number of nitrogens with one attached hydrogen (secondary N) is 1. The van der Waals surface area contributed by atoms with Gasteiger partial charge in [-0.1, -0.05) is 42.3 Å². The third-order valence-electron chi connectivity index (χ3n) is 4.44. The van der Waals surface area contributed by atoms with Crippen LogP contribution in [0.3, 0.4) is 0 Å². The molecule has 136 valence electrons. The van der Waals surface area contributed by atoms with Crippen LogP contribution >= 0.6 is 11.6 Å². The second-order valence-electron chi connectivity index (χ2n) is 6.52. The molecule has 3 rings (SSSR count). The lowest BCUT2D eigenvalue weighted by Crippen LogP contribution is -2.20. The average Bonchev–Trinajstić information content (AvgIpc) is 2.97. The molecule has 0 saturated carbocycles. The standard InChI is InChI=1S/C21H24ClN3O/c1-16(26)23-14-6-2-3-9-21-24-19-7-4-5-8-20(19)25(21)15-17-10-12-18(22)13-11-17/h4-5,7-8,10-13H,2-3,6,9,14-15H2,1H3,(H,23,26). The molecule has 0 bridgehead atoms. The summed E-state index contributed by atoms with van der Waals surface area (Å²) < 4.78 is 2.30. The molecule has 0 saturated heterocycles. The Bertz CT molecular complexity index is 871. The molecule has 0 radical (unpaired) electrons. The minimum absolute atomic E-state index is 0.0368. The molecule has 1 N–H and O–H groups in total. The summed E-state index contributed by atoms with van der Waals surface area (Å²) in [5.41, 5.74) is 3.41. The second-order valence-corrected chi connectivity index (χ2v) is 6.96. The van der Waals surface area contributed by atoms with E-state index in [0.717, 1.165) is 60.7 Å². The smallest absolute Gasteiger partial charge is 0.216 e. The highest BCUT2D eigenvalue weighted by atomic mass is 35.5. The van der Waals surface area contributed by atoms with Crippen LogP contribution in [-0.4, -0.2) is 22.0 Å². The molecular formula is C21H24ClN3O. The minimum Gasteiger partial charge on any atom is -0.356 e. The molecule has 0 fully saturated rings. The van der Waals surface area contributed by atoms with E-state index in [-0.39, 0.29) is 5.91 Å². The number of rotatable bonds is 8. The summed E-state index contributed by atoms with van der Waals surface area (Å²) in [6.07, 6.45) is 4.06. The van der Waals surface area contributed by atoms with Gasteiger partial charge in [0, 0.05) is 31.5 Å². The highest BCUT2D eigenvalue weighted by molar-refractivity contribution is 6.30. The molecule has 1 amide bonds. The van der Waals surface area contributed by atoms with E-state index in [4.69, 9.17) is 16.6 Å². The monoisotopic (exact) mass is 369 g/mol. The van der Waals surface area contributed by atoms with Crippen LogP contribution in [-0.2, 0) is 17.8 Å². The van der Waals surface area contributed by atoms with E-state index < -0.39 is 0 Å². The largest absolute Gasteiger partial charge is 0.356 e. The molecular weight excluding hydrogens is 346 g/mol. The number of unbranched alkanes of at least 4 members (excludes halogenated alkanes) is 2. The first-order chi connectivity index (χ1) is 12.6. The van der Waals surface area contributed by atoms with Gasteiger partial charge in [0.2, 0.25) is 5.91 Å². The number of carbonyl (C=O) groups excluding carboxylic acids is 1. The Labute approximate surface area is 159 Å². The number of fused-ring (bicyclic) bond motifs is 1. The fourth-order valence-corrected chi connectivity index (χ4v) is 3.24. The summed E-state index contributed by atoms with van der Waals surface area (Å²) in [5, 5.41) is 3.60. The molecule has 4 nitrogen and oxygen atoms in total. The first-order valence-electron chi connectivity index (χ1n) is 9.06. The number of benzene rings is 2. The van der Waals surface area contributed by atoms with E-state index in [1.807, 2.05) is 18.2 Å². The van der Waals surface area contributed by atoms with Crippen molar-refractivity contribution in [2.45, 2.75) is 39.2 Å². The summed E-state index contributed by atoms with van der Waals surface area (Å²) in [5.74, 6) is 1.15. The van der Waals surface area contributed by atoms with Gasteiger partial charge in [0.25, 0.3) is 0 Å². The van der Waals surface area contributed by atoms with Crippen LogP contribution in [0.25, 0.3) is 11.0 Å². The number of nitrogens with zero attached hydrogens (tertiary/aromatic N) is 2. The zero-order valence-corrected chi connectivity index (χ0v) is 15.8. The number of hydrogen-bond acceptors (Lipinski definition) is 2. The van der Waals surface area contributed by atoms with Gasteiger partial charge in [-0.15, -0.1) is 0 Å². The highest BCUT2D eigenvalue weighted by Crippen LogP contribution is 2.20. The predicted octanol–water partition coefficient (Wildman–Crippen LogP) is 4.59. The number of halogens is 1. The van der Waals surface area contributed by atoms with E-state index in [1.165, 1.54) is 5.56 Å². The van der Waals surface area contributed by atoms with Crippen molar-refractivity contribution in [2.75, 3.05) is 6.54 Å². The first kappa shape index (κ1) is 18.5. The average molecular weight is 370 g/mol. The summed E-state index contributed by atoms with van der Waals surface area (Å²) in [6.45, 7) is 3.09. The Hall–Kier alpha value is -2.33. The van der Waals surface area contributed by atoms with E-state index in [0.29, 0.717) is 0 Å². The molecule has 0 aliphatic carbocycles. The summed E-state index contributed by atoms with van der Waals surface area (Å²) in [4.78, 5) is 15.7. The van der Waals surface area contributed by atoms with Crippen molar-refractivity contribution in [1.82, 2.24) is 14.9 Å². The van der Waals surface area contributed by atoms with E-state index >= 15 is 0 Å². The highest BCUT2D eigenvalue weighted by Gasteiger charge is 2.10. The Morgan fingerprint density at radius 3 is 2.62 bits per heavy atom. The molecule has 3 aromatic rings. The first-order valence-corrected chi connectivity index (χ1v) is 9.44. The third-order valence-corrected chi connectivity index (χ3v) is 4.69. The number of aromatic nitrogens is 2. The van der Waals surface area contributed by atoms with Crippen LogP contribution in [0.15, 0.2) is 48.5 Å². The van der Waals surface area contributed by atoms with Gasteiger partial charge in [-0.25, -0.2) is 4.98 Å². The van der Waals surface area contributed by atoms with E-state index in [1.54, 1.807) is 6.92 Å².